The van der Waals surface area contributed by atoms with Gasteiger partial charge in [-0.05, 0) is 39.3 Å². The van der Waals surface area contributed by atoms with Gasteiger partial charge in [-0.25, -0.2) is 9.97 Å². The molecule has 0 fully saturated rings. The van der Waals surface area contributed by atoms with Crippen molar-refractivity contribution in [1.82, 2.24) is 9.97 Å². The number of benzene rings is 5. The molecule has 2 nitrogen and oxygen atoms in total. The number of para-hydroxylation sites is 1. The first-order chi connectivity index (χ1) is 19.4. The molecular formula is C38H32N2. The molecule has 0 saturated heterocycles. The van der Waals surface area contributed by atoms with Crippen molar-refractivity contribution in [2.75, 3.05) is 0 Å². The third-order valence-electron chi connectivity index (χ3n) is 9.22. The van der Waals surface area contributed by atoms with E-state index >= 15 is 0 Å². The van der Waals surface area contributed by atoms with Crippen LogP contribution in [0.1, 0.15) is 38.8 Å². The zero-order chi connectivity index (χ0) is 27.5. The first kappa shape index (κ1) is 24.5. The van der Waals surface area contributed by atoms with Gasteiger partial charge in [0.15, 0.2) is 0 Å². The van der Waals surface area contributed by atoms with Crippen molar-refractivity contribution in [2.24, 2.45) is 0 Å². The molecule has 5 aromatic carbocycles. The lowest BCUT2D eigenvalue weighted by Gasteiger charge is -2.49. The van der Waals surface area contributed by atoms with Crippen molar-refractivity contribution >= 4 is 11.0 Å². The second-order valence-corrected chi connectivity index (χ2v) is 11.8. The molecule has 0 radical (unpaired) electrons. The van der Waals surface area contributed by atoms with Crippen LogP contribution in [0.2, 0.25) is 0 Å². The molecule has 0 N–H and O–H groups in total. The van der Waals surface area contributed by atoms with Gasteiger partial charge in [-0.1, -0.05) is 143 Å². The highest BCUT2D eigenvalue weighted by atomic mass is 14.8. The lowest BCUT2D eigenvalue weighted by molar-refractivity contribution is 0.300. The third-order valence-corrected chi connectivity index (χ3v) is 9.22. The lowest BCUT2D eigenvalue weighted by Crippen LogP contribution is -2.43. The van der Waals surface area contributed by atoms with E-state index in [1.165, 1.54) is 27.8 Å². The largest absolute Gasteiger partial charge is 0.244 e. The van der Waals surface area contributed by atoms with Crippen molar-refractivity contribution in [2.45, 2.75) is 38.5 Å². The minimum atomic E-state index is -0.116. The summed E-state index contributed by atoms with van der Waals surface area (Å²) in [6, 6.07) is 42.9. The quantitative estimate of drug-likeness (QED) is 0.234. The molecular weight excluding hydrogens is 484 g/mol. The SMILES string of the molecule is CC1(C)c2ccccc2-c2cccc(-c3cccc4nc(-c5ccccc5)c(-c5ccccc5)nc34)c2C1(C)C. The van der Waals surface area contributed by atoms with Gasteiger partial charge in [0.05, 0.1) is 22.4 Å². The number of nitrogens with zero attached hydrogens (tertiary/aromatic N) is 2. The van der Waals surface area contributed by atoms with Crippen LogP contribution in [0.5, 0.6) is 0 Å². The summed E-state index contributed by atoms with van der Waals surface area (Å²) in [6.45, 7) is 9.55. The highest BCUT2D eigenvalue weighted by molar-refractivity contribution is 5.98. The van der Waals surface area contributed by atoms with Crippen LogP contribution >= 0.6 is 0 Å². The van der Waals surface area contributed by atoms with Gasteiger partial charge in [0.1, 0.15) is 0 Å². The van der Waals surface area contributed by atoms with Gasteiger partial charge in [-0.3, -0.25) is 0 Å². The average molecular weight is 517 g/mol. The summed E-state index contributed by atoms with van der Waals surface area (Å²) in [7, 11) is 0. The molecule has 2 heteroatoms. The first-order valence-electron chi connectivity index (χ1n) is 14.0. The van der Waals surface area contributed by atoms with E-state index in [4.69, 9.17) is 9.97 Å². The molecule has 40 heavy (non-hydrogen) atoms. The van der Waals surface area contributed by atoms with E-state index in [1.54, 1.807) is 0 Å². The predicted octanol–water partition coefficient (Wildman–Crippen LogP) is 9.87. The fourth-order valence-electron chi connectivity index (χ4n) is 6.48. The molecule has 7 rings (SSSR count). The van der Waals surface area contributed by atoms with Crippen LogP contribution in [0.25, 0.3) is 55.8 Å². The van der Waals surface area contributed by atoms with Crippen LogP contribution in [0.4, 0.5) is 0 Å². The second kappa shape index (κ2) is 8.99. The fourth-order valence-corrected chi connectivity index (χ4v) is 6.48. The summed E-state index contributed by atoms with van der Waals surface area (Å²) in [5, 5.41) is 0. The summed E-state index contributed by atoms with van der Waals surface area (Å²) in [6.07, 6.45) is 0. The van der Waals surface area contributed by atoms with Gasteiger partial charge in [-0.2, -0.15) is 0 Å². The summed E-state index contributed by atoms with van der Waals surface area (Å²) in [4.78, 5) is 10.7. The van der Waals surface area contributed by atoms with Crippen LogP contribution in [-0.4, -0.2) is 9.97 Å². The molecule has 1 aliphatic rings. The molecule has 1 heterocycles. The van der Waals surface area contributed by atoms with Crippen molar-refractivity contribution in [3.05, 3.63) is 132 Å². The van der Waals surface area contributed by atoms with E-state index in [1.807, 2.05) is 12.1 Å². The Morgan fingerprint density at radius 3 is 1.60 bits per heavy atom. The van der Waals surface area contributed by atoms with Crippen LogP contribution in [0.3, 0.4) is 0 Å². The Morgan fingerprint density at radius 1 is 0.425 bits per heavy atom. The summed E-state index contributed by atoms with van der Waals surface area (Å²) in [5.41, 5.74) is 13.4. The first-order valence-corrected chi connectivity index (χ1v) is 14.0. The molecule has 0 bridgehead atoms. The maximum atomic E-state index is 5.41. The molecule has 1 aromatic heterocycles. The van der Waals surface area contributed by atoms with E-state index < -0.39 is 0 Å². The molecule has 0 spiro atoms. The minimum Gasteiger partial charge on any atom is -0.244 e. The maximum absolute atomic E-state index is 5.41. The molecule has 6 aromatic rings. The fraction of sp³-hybridized carbons (Fsp3) is 0.158. The molecule has 0 aliphatic heterocycles. The van der Waals surface area contributed by atoms with Gasteiger partial charge in [0.25, 0.3) is 0 Å². The summed E-state index contributed by atoms with van der Waals surface area (Å²) >= 11 is 0. The van der Waals surface area contributed by atoms with Crippen LogP contribution in [-0.2, 0) is 10.8 Å². The zero-order valence-electron chi connectivity index (χ0n) is 23.4. The van der Waals surface area contributed by atoms with Crippen LogP contribution in [0, 0.1) is 0 Å². The number of rotatable bonds is 3. The standard InChI is InChI=1S/C38H32N2/c1-37(2)31-23-12-11-19-27(31)28-20-13-21-29(33(28)38(37,3)4)30-22-14-24-32-36(30)40-35(26-17-9-6-10-18-26)34(39-32)25-15-7-5-8-16-25/h5-24H,1-4H3. The Bertz CT molecular complexity index is 1880. The molecule has 1 aliphatic carbocycles. The van der Waals surface area contributed by atoms with Crippen LogP contribution in [0.15, 0.2) is 121 Å². The average Bonchev–Trinajstić information content (AvgIpc) is 3.00. The van der Waals surface area contributed by atoms with E-state index in [-0.39, 0.29) is 10.8 Å². The maximum Gasteiger partial charge on any atom is 0.0973 e. The number of fused-ring (bicyclic) bond motifs is 4. The number of aromatic nitrogens is 2. The lowest BCUT2D eigenvalue weighted by atomic mass is 9.54. The molecule has 0 atom stereocenters. The normalized spacial score (nSPS) is 14.9. The van der Waals surface area contributed by atoms with E-state index in [0.29, 0.717) is 0 Å². The van der Waals surface area contributed by atoms with Gasteiger partial charge < -0.3 is 0 Å². The number of hydrogen-bond acceptors (Lipinski definition) is 2. The third kappa shape index (κ3) is 3.56. The van der Waals surface area contributed by atoms with E-state index in [0.717, 1.165) is 39.1 Å². The Balaban J connectivity index is 1.55. The van der Waals surface area contributed by atoms with Crippen LogP contribution < -0.4 is 0 Å². The van der Waals surface area contributed by atoms with Crippen molar-refractivity contribution in [3.8, 4) is 44.8 Å². The highest BCUT2D eigenvalue weighted by Gasteiger charge is 2.47. The molecule has 0 amide bonds. The minimum absolute atomic E-state index is 0.0569. The smallest absolute Gasteiger partial charge is 0.0973 e. The van der Waals surface area contributed by atoms with Gasteiger partial charge >= 0.3 is 0 Å². The van der Waals surface area contributed by atoms with Crippen molar-refractivity contribution in [1.29, 1.82) is 0 Å². The van der Waals surface area contributed by atoms with Gasteiger partial charge in [0.2, 0.25) is 0 Å². The Hall–Kier alpha value is -4.56. The predicted molar refractivity (Wildman–Crippen MR) is 167 cm³/mol. The topological polar surface area (TPSA) is 25.8 Å². The molecule has 0 unspecified atom stereocenters. The Morgan fingerprint density at radius 2 is 0.925 bits per heavy atom. The van der Waals surface area contributed by atoms with Gasteiger partial charge in [0, 0.05) is 22.1 Å². The van der Waals surface area contributed by atoms with E-state index in [2.05, 4.69) is 137 Å². The monoisotopic (exact) mass is 516 g/mol. The summed E-state index contributed by atoms with van der Waals surface area (Å²) < 4.78 is 0. The van der Waals surface area contributed by atoms with Crippen molar-refractivity contribution in [3.63, 3.8) is 0 Å². The van der Waals surface area contributed by atoms with Crippen molar-refractivity contribution < 1.29 is 0 Å². The molecule has 194 valence electrons. The molecule has 0 saturated carbocycles. The summed E-state index contributed by atoms with van der Waals surface area (Å²) in [5.74, 6) is 0. The highest BCUT2D eigenvalue weighted by Crippen LogP contribution is 2.56. The second-order valence-electron chi connectivity index (χ2n) is 11.8. The Labute approximate surface area is 236 Å². The van der Waals surface area contributed by atoms with E-state index in [9.17, 15) is 0 Å². The number of hydrogen-bond donors (Lipinski definition) is 0. The Kier molecular flexibility index (Phi) is 5.50. The zero-order valence-corrected chi connectivity index (χ0v) is 23.4. The van der Waals surface area contributed by atoms with Gasteiger partial charge in [-0.15, -0.1) is 0 Å².